The van der Waals surface area contributed by atoms with Gasteiger partial charge in [0.05, 0.1) is 31.9 Å². The molecule has 2 aliphatic heterocycles. The molecule has 2 amide bonds. The molecule has 1 unspecified atom stereocenters. The van der Waals surface area contributed by atoms with Gasteiger partial charge < -0.3 is 19.3 Å². The molecular formula is C23H35N5O5. The zero-order valence-electron chi connectivity index (χ0n) is 19.5. The third-order valence-electron chi connectivity index (χ3n) is 6.07. The summed E-state index contributed by atoms with van der Waals surface area (Å²) < 4.78 is 10.5. The Bertz CT molecular complexity index is 772. The maximum absolute atomic E-state index is 13.0. The van der Waals surface area contributed by atoms with Crippen LogP contribution < -0.4 is 0 Å². The van der Waals surface area contributed by atoms with Gasteiger partial charge in [-0.3, -0.25) is 24.3 Å². The van der Waals surface area contributed by atoms with Gasteiger partial charge >= 0.3 is 5.97 Å². The summed E-state index contributed by atoms with van der Waals surface area (Å²) >= 11 is 0. The molecular weight excluding hydrogens is 426 g/mol. The van der Waals surface area contributed by atoms with Crippen molar-refractivity contribution >= 4 is 17.8 Å². The number of ether oxygens (including phenoxy) is 2. The summed E-state index contributed by atoms with van der Waals surface area (Å²) in [6.45, 7) is 8.10. The summed E-state index contributed by atoms with van der Waals surface area (Å²) in [4.78, 5) is 51.9. The van der Waals surface area contributed by atoms with Gasteiger partial charge in [-0.15, -0.1) is 0 Å². The SMILES string of the molecule is CCOC(=O)C1CCCN(C(=O)CCN(CCCN2CCOCC2)C(=O)c2cnccn2)C1. The van der Waals surface area contributed by atoms with Gasteiger partial charge in [0.1, 0.15) is 5.69 Å². The average Bonchev–Trinajstić information content (AvgIpc) is 2.87. The van der Waals surface area contributed by atoms with Gasteiger partial charge in [0.25, 0.3) is 5.91 Å². The highest BCUT2D eigenvalue weighted by Gasteiger charge is 2.29. The van der Waals surface area contributed by atoms with Crippen LogP contribution in [-0.4, -0.2) is 108 Å². The molecule has 0 bridgehead atoms. The number of piperidine rings is 1. The number of aromatic nitrogens is 2. The van der Waals surface area contributed by atoms with Crippen molar-refractivity contribution in [2.75, 3.05) is 65.6 Å². The molecule has 3 heterocycles. The molecule has 3 rings (SSSR count). The summed E-state index contributed by atoms with van der Waals surface area (Å²) in [5, 5.41) is 0. The van der Waals surface area contributed by atoms with E-state index in [4.69, 9.17) is 9.47 Å². The van der Waals surface area contributed by atoms with Crippen LogP contribution in [-0.2, 0) is 19.1 Å². The van der Waals surface area contributed by atoms with Crippen LogP contribution in [0, 0.1) is 5.92 Å². The zero-order chi connectivity index (χ0) is 23.5. The number of nitrogens with zero attached hydrogens (tertiary/aromatic N) is 5. The second-order valence-corrected chi connectivity index (χ2v) is 8.37. The van der Waals surface area contributed by atoms with Gasteiger partial charge in [0.15, 0.2) is 0 Å². The van der Waals surface area contributed by atoms with E-state index in [1.807, 2.05) is 0 Å². The standard InChI is InChI=1S/C23H35N5O5/c1-2-33-23(31)19-5-3-10-28(18-19)21(29)6-12-27(22(30)20-17-24-7-8-25-20)11-4-9-26-13-15-32-16-14-26/h7-8,17,19H,2-6,9-16,18H2,1H3. The predicted molar refractivity (Wildman–Crippen MR) is 120 cm³/mol. The normalized spacial score (nSPS) is 19.2. The summed E-state index contributed by atoms with van der Waals surface area (Å²) in [6, 6.07) is 0. The highest BCUT2D eigenvalue weighted by Crippen LogP contribution is 2.19. The Morgan fingerprint density at radius 3 is 2.73 bits per heavy atom. The minimum atomic E-state index is -0.270. The first-order valence-corrected chi connectivity index (χ1v) is 11.9. The number of carbonyl (C=O) groups is 3. The van der Waals surface area contributed by atoms with Crippen molar-refractivity contribution in [3.8, 4) is 0 Å². The average molecular weight is 462 g/mol. The highest BCUT2D eigenvalue weighted by atomic mass is 16.5. The Balaban J connectivity index is 1.54. The highest BCUT2D eigenvalue weighted by molar-refractivity contribution is 5.92. The molecule has 0 aliphatic carbocycles. The number of amides is 2. The maximum atomic E-state index is 13.0. The fourth-order valence-electron chi connectivity index (χ4n) is 4.24. The third kappa shape index (κ3) is 7.75. The summed E-state index contributed by atoms with van der Waals surface area (Å²) in [5.41, 5.74) is 0.275. The fraction of sp³-hybridized carbons (Fsp3) is 0.696. The number of morpholine rings is 1. The fourth-order valence-corrected chi connectivity index (χ4v) is 4.24. The smallest absolute Gasteiger partial charge is 0.310 e. The van der Waals surface area contributed by atoms with Crippen molar-refractivity contribution in [2.24, 2.45) is 5.92 Å². The van der Waals surface area contributed by atoms with Gasteiger partial charge in [0, 0.05) is 64.6 Å². The van der Waals surface area contributed by atoms with Crippen LogP contribution in [0.25, 0.3) is 0 Å². The van der Waals surface area contributed by atoms with E-state index in [0.29, 0.717) is 32.8 Å². The van der Waals surface area contributed by atoms with Crippen LogP contribution in [0.4, 0.5) is 0 Å². The first-order chi connectivity index (χ1) is 16.1. The van der Waals surface area contributed by atoms with Crippen molar-refractivity contribution in [2.45, 2.75) is 32.6 Å². The Morgan fingerprint density at radius 1 is 1.18 bits per heavy atom. The molecule has 33 heavy (non-hydrogen) atoms. The van der Waals surface area contributed by atoms with Crippen molar-refractivity contribution in [3.05, 3.63) is 24.3 Å². The van der Waals surface area contributed by atoms with E-state index >= 15 is 0 Å². The lowest BCUT2D eigenvalue weighted by Gasteiger charge is -2.32. The molecule has 0 aromatic carbocycles. The largest absolute Gasteiger partial charge is 0.466 e. The molecule has 2 aliphatic rings. The molecule has 1 aromatic heterocycles. The van der Waals surface area contributed by atoms with Gasteiger partial charge in [-0.1, -0.05) is 0 Å². The topological polar surface area (TPSA) is 105 Å². The van der Waals surface area contributed by atoms with E-state index in [1.54, 1.807) is 16.7 Å². The van der Waals surface area contributed by atoms with Crippen molar-refractivity contribution in [3.63, 3.8) is 0 Å². The molecule has 10 heteroatoms. The second kappa shape index (κ2) is 13.2. The number of likely N-dealkylation sites (tertiary alicyclic amines) is 1. The number of carbonyl (C=O) groups excluding carboxylic acids is 3. The molecule has 10 nitrogen and oxygen atoms in total. The quantitative estimate of drug-likeness (QED) is 0.472. The predicted octanol–water partition coefficient (Wildman–Crippen LogP) is 0.833. The van der Waals surface area contributed by atoms with Crippen molar-refractivity contribution < 1.29 is 23.9 Å². The molecule has 1 atom stereocenters. The first kappa shape index (κ1) is 25.0. The van der Waals surface area contributed by atoms with E-state index in [0.717, 1.165) is 52.1 Å². The lowest BCUT2D eigenvalue weighted by atomic mass is 9.98. The first-order valence-electron chi connectivity index (χ1n) is 11.9. The second-order valence-electron chi connectivity index (χ2n) is 8.37. The lowest BCUT2D eigenvalue weighted by molar-refractivity contribution is -0.151. The van der Waals surface area contributed by atoms with Crippen LogP contribution in [0.3, 0.4) is 0 Å². The number of esters is 1. The minimum Gasteiger partial charge on any atom is -0.466 e. The van der Waals surface area contributed by atoms with Gasteiger partial charge in [-0.2, -0.15) is 0 Å². The van der Waals surface area contributed by atoms with E-state index in [-0.39, 0.29) is 35.8 Å². The molecule has 0 spiro atoms. The van der Waals surface area contributed by atoms with Crippen LogP contribution in [0.2, 0.25) is 0 Å². The molecule has 2 saturated heterocycles. The van der Waals surface area contributed by atoms with Crippen LogP contribution in [0.15, 0.2) is 18.6 Å². The molecule has 0 saturated carbocycles. The molecule has 0 N–H and O–H groups in total. The number of rotatable bonds is 10. The van der Waals surface area contributed by atoms with Crippen LogP contribution in [0.5, 0.6) is 0 Å². The molecule has 182 valence electrons. The molecule has 0 radical (unpaired) electrons. The summed E-state index contributed by atoms with van der Waals surface area (Å²) in [5.74, 6) is -0.777. The van der Waals surface area contributed by atoms with Gasteiger partial charge in [-0.05, 0) is 26.2 Å². The maximum Gasteiger partial charge on any atom is 0.310 e. The summed E-state index contributed by atoms with van der Waals surface area (Å²) in [6.07, 6.45) is 6.99. The van der Waals surface area contributed by atoms with Gasteiger partial charge in [-0.25, -0.2) is 4.98 Å². The van der Waals surface area contributed by atoms with Crippen molar-refractivity contribution in [1.82, 2.24) is 24.7 Å². The Labute approximate surface area is 195 Å². The van der Waals surface area contributed by atoms with Crippen molar-refractivity contribution in [1.29, 1.82) is 0 Å². The Hall–Kier alpha value is -2.59. The van der Waals surface area contributed by atoms with Crippen LogP contribution in [0.1, 0.15) is 43.1 Å². The number of hydrogen-bond donors (Lipinski definition) is 0. The number of hydrogen-bond acceptors (Lipinski definition) is 8. The lowest BCUT2D eigenvalue weighted by Crippen LogP contribution is -2.44. The third-order valence-corrected chi connectivity index (χ3v) is 6.07. The molecule has 2 fully saturated rings. The zero-order valence-corrected chi connectivity index (χ0v) is 19.5. The molecule has 1 aromatic rings. The Morgan fingerprint density at radius 2 is 2.00 bits per heavy atom. The van der Waals surface area contributed by atoms with E-state index < -0.39 is 0 Å². The van der Waals surface area contributed by atoms with Crippen LogP contribution >= 0.6 is 0 Å². The minimum absolute atomic E-state index is 0.0471. The summed E-state index contributed by atoms with van der Waals surface area (Å²) in [7, 11) is 0. The Kier molecular flexibility index (Phi) is 10.0. The van der Waals surface area contributed by atoms with E-state index in [1.165, 1.54) is 18.6 Å². The van der Waals surface area contributed by atoms with E-state index in [9.17, 15) is 14.4 Å². The van der Waals surface area contributed by atoms with Gasteiger partial charge in [0.2, 0.25) is 5.91 Å². The van der Waals surface area contributed by atoms with E-state index in [2.05, 4.69) is 14.9 Å². The monoisotopic (exact) mass is 461 g/mol.